The number of nitriles is 1. The van der Waals surface area contributed by atoms with Crippen molar-refractivity contribution >= 4 is 11.6 Å². The Kier molecular flexibility index (Phi) is 3.44. The number of aromatic amines is 1. The first-order valence-electron chi connectivity index (χ1n) is 7.06. The number of benzene rings is 1. The minimum absolute atomic E-state index is 0.195. The van der Waals surface area contributed by atoms with Crippen LogP contribution in [0.15, 0.2) is 36.7 Å². The van der Waals surface area contributed by atoms with Gasteiger partial charge in [-0.05, 0) is 25.0 Å². The highest BCUT2D eigenvalue weighted by Crippen LogP contribution is 2.38. The van der Waals surface area contributed by atoms with Crippen molar-refractivity contribution in [2.45, 2.75) is 25.7 Å². The van der Waals surface area contributed by atoms with Gasteiger partial charge in [-0.1, -0.05) is 25.0 Å². The topological polar surface area (TPSA) is 81.6 Å². The number of aromatic nitrogens is 2. The van der Waals surface area contributed by atoms with Crippen LogP contribution in [-0.4, -0.2) is 15.9 Å². The fourth-order valence-corrected chi connectivity index (χ4v) is 2.79. The van der Waals surface area contributed by atoms with Gasteiger partial charge in [-0.15, -0.1) is 0 Å². The maximum absolute atomic E-state index is 12.4. The van der Waals surface area contributed by atoms with Crippen molar-refractivity contribution in [3.8, 4) is 17.5 Å². The van der Waals surface area contributed by atoms with Crippen LogP contribution >= 0.6 is 0 Å². The standard InChI is InChI=1S/C16H16N4O/c17-11-16(6-1-2-7-16)15(21)20-13-5-3-4-12(10-13)14-18-8-9-19-14/h3-5,8-10H,1-2,6-7H2,(H,18,19)(H,20,21). The number of H-pyrrole nitrogens is 1. The summed E-state index contributed by atoms with van der Waals surface area (Å²) < 4.78 is 0. The van der Waals surface area contributed by atoms with Gasteiger partial charge in [-0.25, -0.2) is 4.98 Å². The van der Waals surface area contributed by atoms with Crippen molar-refractivity contribution in [2.24, 2.45) is 5.41 Å². The summed E-state index contributed by atoms with van der Waals surface area (Å²) in [7, 11) is 0. The van der Waals surface area contributed by atoms with Gasteiger partial charge in [0.15, 0.2) is 0 Å². The Balaban J connectivity index is 1.81. The number of amides is 1. The van der Waals surface area contributed by atoms with Gasteiger partial charge < -0.3 is 10.3 Å². The SMILES string of the molecule is N#CC1(C(=O)Nc2cccc(-c3ncc[nH]3)c2)CCCC1. The number of carbonyl (C=O) groups excluding carboxylic acids is 1. The Labute approximate surface area is 123 Å². The Bertz CT molecular complexity index is 679. The zero-order valence-electron chi connectivity index (χ0n) is 11.6. The maximum atomic E-state index is 12.4. The van der Waals surface area contributed by atoms with Gasteiger partial charge in [0.25, 0.3) is 0 Å². The van der Waals surface area contributed by atoms with Gasteiger partial charge in [0.2, 0.25) is 5.91 Å². The zero-order valence-corrected chi connectivity index (χ0v) is 11.6. The molecule has 0 saturated heterocycles. The summed E-state index contributed by atoms with van der Waals surface area (Å²) in [5, 5.41) is 12.2. The van der Waals surface area contributed by atoms with Crippen molar-refractivity contribution in [2.75, 3.05) is 5.32 Å². The Morgan fingerprint density at radius 1 is 1.38 bits per heavy atom. The molecule has 2 aromatic rings. The van der Waals surface area contributed by atoms with E-state index in [1.165, 1.54) is 0 Å². The van der Waals surface area contributed by atoms with E-state index in [-0.39, 0.29) is 5.91 Å². The molecule has 0 radical (unpaired) electrons. The number of hydrogen-bond donors (Lipinski definition) is 2. The van der Waals surface area contributed by atoms with Crippen LogP contribution in [0.3, 0.4) is 0 Å². The van der Waals surface area contributed by atoms with Gasteiger partial charge in [0.1, 0.15) is 11.2 Å². The predicted molar refractivity (Wildman–Crippen MR) is 79.2 cm³/mol. The van der Waals surface area contributed by atoms with Gasteiger partial charge in [0.05, 0.1) is 6.07 Å². The normalized spacial score (nSPS) is 16.3. The number of nitrogens with zero attached hydrogens (tertiary/aromatic N) is 2. The van der Waals surface area contributed by atoms with E-state index in [0.717, 1.165) is 24.2 Å². The largest absolute Gasteiger partial charge is 0.345 e. The molecule has 21 heavy (non-hydrogen) atoms. The molecular weight excluding hydrogens is 264 g/mol. The van der Waals surface area contributed by atoms with Crippen LogP contribution < -0.4 is 5.32 Å². The highest BCUT2D eigenvalue weighted by atomic mass is 16.2. The Hall–Kier alpha value is -2.61. The molecule has 1 aromatic heterocycles. The molecule has 0 atom stereocenters. The average molecular weight is 280 g/mol. The molecule has 3 rings (SSSR count). The summed E-state index contributed by atoms with van der Waals surface area (Å²) >= 11 is 0. The molecule has 0 spiro atoms. The van der Waals surface area contributed by atoms with Crippen LogP contribution in [0.2, 0.25) is 0 Å². The molecule has 1 aromatic carbocycles. The first-order valence-corrected chi connectivity index (χ1v) is 7.06. The molecule has 1 aliphatic carbocycles. The van der Waals surface area contributed by atoms with E-state index in [9.17, 15) is 10.1 Å². The maximum Gasteiger partial charge on any atom is 0.244 e. The molecule has 5 heteroatoms. The first-order chi connectivity index (χ1) is 10.2. The van der Waals surface area contributed by atoms with E-state index in [4.69, 9.17) is 0 Å². The second-order valence-corrected chi connectivity index (χ2v) is 5.37. The van der Waals surface area contributed by atoms with Gasteiger partial charge in [0, 0.05) is 23.6 Å². The summed E-state index contributed by atoms with van der Waals surface area (Å²) in [6, 6.07) is 9.67. The van der Waals surface area contributed by atoms with Crippen LogP contribution in [0.25, 0.3) is 11.4 Å². The van der Waals surface area contributed by atoms with Gasteiger partial charge >= 0.3 is 0 Å². The fraction of sp³-hybridized carbons (Fsp3) is 0.312. The van der Waals surface area contributed by atoms with E-state index < -0.39 is 5.41 Å². The second-order valence-electron chi connectivity index (χ2n) is 5.37. The summed E-state index contributed by atoms with van der Waals surface area (Å²) in [6.45, 7) is 0. The van der Waals surface area contributed by atoms with Crippen molar-refractivity contribution in [3.63, 3.8) is 0 Å². The summed E-state index contributed by atoms with van der Waals surface area (Å²) in [5.74, 6) is 0.557. The molecule has 1 fully saturated rings. The molecule has 0 unspecified atom stereocenters. The molecule has 0 aliphatic heterocycles. The van der Waals surface area contributed by atoms with Crippen molar-refractivity contribution < 1.29 is 4.79 Å². The number of hydrogen-bond acceptors (Lipinski definition) is 3. The highest BCUT2D eigenvalue weighted by Gasteiger charge is 2.41. The quantitative estimate of drug-likeness (QED) is 0.906. The molecule has 1 amide bonds. The second kappa shape index (κ2) is 5.41. The van der Waals surface area contributed by atoms with Gasteiger partial charge in [-0.3, -0.25) is 4.79 Å². The van der Waals surface area contributed by atoms with Gasteiger partial charge in [-0.2, -0.15) is 5.26 Å². The fourth-order valence-electron chi connectivity index (χ4n) is 2.79. The zero-order chi connectivity index (χ0) is 14.7. The van der Waals surface area contributed by atoms with E-state index in [2.05, 4.69) is 21.4 Å². The van der Waals surface area contributed by atoms with E-state index >= 15 is 0 Å². The van der Waals surface area contributed by atoms with E-state index in [0.29, 0.717) is 18.5 Å². The molecule has 106 valence electrons. The lowest BCUT2D eigenvalue weighted by Gasteiger charge is -2.19. The van der Waals surface area contributed by atoms with E-state index in [1.54, 1.807) is 12.4 Å². The summed E-state index contributed by atoms with van der Waals surface area (Å²) in [6.07, 6.45) is 6.61. The van der Waals surface area contributed by atoms with Crippen LogP contribution in [0.4, 0.5) is 5.69 Å². The lowest BCUT2D eigenvalue weighted by Crippen LogP contribution is -2.32. The van der Waals surface area contributed by atoms with E-state index in [1.807, 2.05) is 24.3 Å². The Morgan fingerprint density at radius 2 is 2.19 bits per heavy atom. The number of rotatable bonds is 3. The molecule has 1 aliphatic rings. The number of carbonyl (C=O) groups is 1. The molecule has 1 saturated carbocycles. The lowest BCUT2D eigenvalue weighted by atomic mass is 9.87. The van der Waals surface area contributed by atoms with Crippen molar-refractivity contribution in [1.29, 1.82) is 5.26 Å². The molecule has 1 heterocycles. The molecule has 0 bridgehead atoms. The number of nitrogens with one attached hydrogen (secondary N) is 2. The first kappa shape index (κ1) is 13.4. The number of imidazole rings is 1. The van der Waals surface area contributed by atoms with Crippen molar-refractivity contribution in [3.05, 3.63) is 36.7 Å². The van der Waals surface area contributed by atoms with Crippen LogP contribution in [-0.2, 0) is 4.79 Å². The molecule has 2 N–H and O–H groups in total. The third kappa shape index (κ3) is 2.52. The average Bonchev–Trinajstić information content (AvgIpc) is 3.20. The predicted octanol–water partition coefficient (Wildman–Crippen LogP) is 3.10. The van der Waals surface area contributed by atoms with Crippen molar-refractivity contribution in [1.82, 2.24) is 9.97 Å². The molecule has 5 nitrogen and oxygen atoms in total. The van der Waals surface area contributed by atoms with Crippen LogP contribution in [0, 0.1) is 16.7 Å². The van der Waals surface area contributed by atoms with Crippen LogP contribution in [0.1, 0.15) is 25.7 Å². The third-order valence-electron chi connectivity index (χ3n) is 4.00. The number of anilines is 1. The minimum atomic E-state index is -0.860. The molecular formula is C16H16N4O. The minimum Gasteiger partial charge on any atom is -0.345 e. The Morgan fingerprint density at radius 3 is 2.86 bits per heavy atom. The third-order valence-corrected chi connectivity index (χ3v) is 4.00. The monoisotopic (exact) mass is 280 g/mol. The highest BCUT2D eigenvalue weighted by molar-refractivity contribution is 5.97. The smallest absolute Gasteiger partial charge is 0.244 e. The summed E-state index contributed by atoms with van der Waals surface area (Å²) in [5.41, 5.74) is 0.728. The lowest BCUT2D eigenvalue weighted by molar-refractivity contribution is -0.122. The summed E-state index contributed by atoms with van der Waals surface area (Å²) in [4.78, 5) is 19.6. The van der Waals surface area contributed by atoms with Crippen LogP contribution in [0.5, 0.6) is 0 Å².